The van der Waals surface area contributed by atoms with E-state index in [0.717, 1.165) is 11.3 Å². The van der Waals surface area contributed by atoms with Crippen LogP contribution < -0.4 is 20.1 Å². The van der Waals surface area contributed by atoms with Gasteiger partial charge in [-0.3, -0.25) is 0 Å². The standard InChI is InChI=1S/C16H16F2N2O2S/c1-21-14-4-2-3-11(9-14)10-19-16(23)20-12-5-7-13(8-6-12)22-15(17)18/h2-9,15H,10H2,1H3,(H2,19,20,23). The highest BCUT2D eigenvalue weighted by atomic mass is 32.1. The molecule has 0 saturated carbocycles. The lowest BCUT2D eigenvalue weighted by Crippen LogP contribution is -2.27. The number of alkyl halides is 2. The van der Waals surface area contributed by atoms with Gasteiger partial charge < -0.3 is 20.1 Å². The normalized spacial score (nSPS) is 10.3. The van der Waals surface area contributed by atoms with Gasteiger partial charge in [0.15, 0.2) is 5.11 Å². The first kappa shape index (κ1) is 17.0. The number of benzene rings is 2. The average Bonchev–Trinajstić information content (AvgIpc) is 2.54. The second-order valence-electron chi connectivity index (χ2n) is 4.56. The topological polar surface area (TPSA) is 42.5 Å². The van der Waals surface area contributed by atoms with Gasteiger partial charge in [0.2, 0.25) is 0 Å². The van der Waals surface area contributed by atoms with E-state index in [1.54, 1.807) is 19.2 Å². The molecule has 0 spiro atoms. The Balaban J connectivity index is 1.84. The van der Waals surface area contributed by atoms with Crippen LogP contribution in [0.25, 0.3) is 0 Å². The van der Waals surface area contributed by atoms with Crippen molar-refractivity contribution in [3.05, 3.63) is 54.1 Å². The van der Waals surface area contributed by atoms with Gasteiger partial charge in [-0.05, 0) is 54.2 Å². The van der Waals surface area contributed by atoms with E-state index in [1.807, 2.05) is 24.3 Å². The third-order valence-electron chi connectivity index (χ3n) is 2.92. The van der Waals surface area contributed by atoms with E-state index in [4.69, 9.17) is 17.0 Å². The van der Waals surface area contributed by atoms with Gasteiger partial charge in [-0.15, -0.1) is 0 Å². The third-order valence-corrected chi connectivity index (χ3v) is 3.17. The van der Waals surface area contributed by atoms with Gasteiger partial charge in [-0.1, -0.05) is 12.1 Å². The number of rotatable bonds is 6. The lowest BCUT2D eigenvalue weighted by Gasteiger charge is -2.12. The van der Waals surface area contributed by atoms with E-state index >= 15 is 0 Å². The fourth-order valence-electron chi connectivity index (χ4n) is 1.86. The first-order valence-electron chi connectivity index (χ1n) is 6.79. The fourth-order valence-corrected chi connectivity index (χ4v) is 2.05. The van der Waals surface area contributed by atoms with Crippen molar-refractivity contribution in [2.24, 2.45) is 0 Å². The minimum absolute atomic E-state index is 0.0980. The summed E-state index contributed by atoms with van der Waals surface area (Å²) in [5.74, 6) is 0.874. The van der Waals surface area contributed by atoms with Crippen molar-refractivity contribution >= 4 is 23.0 Å². The van der Waals surface area contributed by atoms with Crippen LogP contribution in [0.2, 0.25) is 0 Å². The van der Waals surface area contributed by atoms with Gasteiger partial charge in [-0.25, -0.2) is 0 Å². The minimum Gasteiger partial charge on any atom is -0.497 e. The van der Waals surface area contributed by atoms with E-state index < -0.39 is 6.61 Å². The van der Waals surface area contributed by atoms with Crippen LogP contribution in [-0.2, 0) is 6.54 Å². The van der Waals surface area contributed by atoms with Crippen molar-refractivity contribution < 1.29 is 18.3 Å². The second-order valence-corrected chi connectivity index (χ2v) is 4.97. The predicted octanol–water partition coefficient (Wildman–Crippen LogP) is 3.78. The van der Waals surface area contributed by atoms with Crippen LogP contribution in [0.4, 0.5) is 14.5 Å². The van der Waals surface area contributed by atoms with Crippen LogP contribution >= 0.6 is 12.2 Å². The molecule has 2 N–H and O–H groups in total. The van der Waals surface area contributed by atoms with Gasteiger partial charge in [0.1, 0.15) is 11.5 Å². The van der Waals surface area contributed by atoms with Crippen molar-refractivity contribution in [3.8, 4) is 11.5 Å². The summed E-state index contributed by atoms with van der Waals surface area (Å²) < 4.78 is 33.6. The molecule has 0 fully saturated rings. The summed E-state index contributed by atoms with van der Waals surface area (Å²) in [5, 5.41) is 6.45. The summed E-state index contributed by atoms with van der Waals surface area (Å²) in [7, 11) is 1.61. The number of hydrogen-bond acceptors (Lipinski definition) is 3. The molecule has 122 valence electrons. The maximum absolute atomic E-state index is 12.1. The molecule has 0 aliphatic rings. The largest absolute Gasteiger partial charge is 0.497 e. The SMILES string of the molecule is COc1cccc(CNC(=S)Nc2ccc(OC(F)F)cc2)c1. The quantitative estimate of drug-likeness (QED) is 0.785. The maximum atomic E-state index is 12.1. The minimum atomic E-state index is -2.83. The molecule has 23 heavy (non-hydrogen) atoms. The molecule has 2 aromatic rings. The van der Waals surface area contributed by atoms with Crippen molar-refractivity contribution in [1.29, 1.82) is 0 Å². The average molecular weight is 338 g/mol. The summed E-state index contributed by atoms with van der Waals surface area (Å²) in [6.07, 6.45) is 0. The van der Waals surface area contributed by atoms with Crippen LogP contribution in [0.15, 0.2) is 48.5 Å². The fraction of sp³-hybridized carbons (Fsp3) is 0.188. The molecule has 0 atom stereocenters. The predicted molar refractivity (Wildman–Crippen MR) is 89.1 cm³/mol. The molecule has 0 unspecified atom stereocenters. The van der Waals surface area contributed by atoms with Crippen LogP contribution in [-0.4, -0.2) is 18.8 Å². The number of methoxy groups -OCH3 is 1. The van der Waals surface area contributed by atoms with E-state index in [2.05, 4.69) is 15.4 Å². The van der Waals surface area contributed by atoms with Crippen molar-refractivity contribution in [3.63, 3.8) is 0 Å². The van der Waals surface area contributed by atoms with Crippen LogP contribution in [0.1, 0.15) is 5.56 Å². The van der Waals surface area contributed by atoms with E-state index in [9.17, 15) is 8.78 Å². The number of halogens is 2. The molecular weight excluding hydrogens is 322 g/mol. The Morgan fingerprint density at radius 3 is 2.52 bits per heavy atom. The van der Waals surface area contributed by atoms with Crippen LogP contribution in [0, 0.1) is 0 Å². The van der Waals surface area contributed by atoms with Gasteiger partial charge in [0.05, 0.1) is 7.11 Å². The second kappa shape index (κ2) is 8.28. The molecule has 0 radical (unpaired) electrons. The molecule has 0 aliphatic heterocycles. The Hall–Kier alpha value is -2.41. The monoisotopic (exact) mass is 338 g/mol. The number of nitrogens with one attached hydrogen (secondary N) is 2. The molecular formula is C16H16F2N2O2S. The molecule has 0 amide bonds. The van der Waals surface area contributed by atoms with Crippen molar-refractivity contribution in [2.45, 2.75) is 13.2 Å². The number of anilines is 1. The summed E-state index contributed by atoms with van der Waals surface area (Å²) in [4.78, 5) is 0. The Morgan fingerprint density at radius 2 is 1.87 bits per heavy atom. The highest BCUT2D eigenvalue weighted by Crippen LogP contribution is 2.17. The Kier molecular flexibility index (Phi) is 6.10. The van der Waals surface area contributed by atoms with Gasteiger partial charge in [0.25, 0.3) is 0 Å². The molecule has 0 aromatic heterocycles. The molecule has 0 saturated heterocycles. The molecule has 2 aromatic carbocycles. The van der Waals surface area contributed by atoms with Gasteiger partial charge >= 0.3 is 6.61 Å². The van der Waals surface area contributed by atoms with Crippen molar-refractivity contribution in [1.82, 2.24) is 5.32 Å². The smallest absolute Gasteiger partial charge is 0.387 e. The third kappa shape index (κ3) is 5.71. The molecule has 0 bridgehead atoms. The maximum Gasteiger partial charge on any atom is 0.387 e. The summed E-state index contributed by atoms with van der Waals surface area (Å²) in [6, 6.07) is 13.7. The highest BCUT2D eigenvalue weighted by molar-refractivity contribution is 7.80. The first-order valence-corrected chi connectivity index (χ1v) is 7.20. The summed E-state index contributed by atoms with van der Waals surface area (Å²) >= 11 is 5.19. The zero-order valence-electron chi connectivity index (χ0n) is 12.4. The zero-order valence-corrected chi connectivity index (χ0v) is 13.2. The summed E-state index contributed by atoms with van der Waals surface area (Å²) in [6.45, 7) is -2.30. The Bertz CT molecular complexity index is 651. The van der Waals surface area contributed by atoms with E-state index in [1.165, 1.54) is 12.1 Å². The van der Waals surface area contributed by atoms with Crippen molar-refractivity contribution in [2.75, 3.05) is 12.4 Å². The van der Waals surface area contributed by atoms with Gasteiger partial charge in [-0.2, -0.15) is 8.78 Å². The molecule has 7 heteroatoms. The summed E-state index contributed by atoms with van der Waals surface area (Å²) in [5.41, 5.74) is 1.70. The lowest BCUT2D eigenvalue weighted by atomic mass is 10.2. The highest BCUT2D eigenvalue weighted by Gasteiger charge is 2.04. The lowest BCUT2D eigenvalue weighted by molar-refractivity contribution is -0.0498. The van der Waals surface area contributed by atoms with E-state index in [-0.39, 0.29) is 5.75 Å². The molecule has 0 aliphatic carbocycles. The number of hydrogen-bond donors (Lipinski definition) is 2. The van der Waals surface area contributed by atoms with Crippen LogP contribution in [0.3, 0.4) is 0 Å². The number of ether oxygens (including phenoxy) is 2. The Morgan fingerprint density at radius 1 is 1.13 bits per heavy atom. The molecule has 2 rings (SSSR count). The molecule has 4 nitrogen and oxygen atoms in total. The zero-order chi connectivity index (χ0) is 16.7. The Labute approximate surface area is 138 Å². The van der Waals surface area contributed by atoms with Crippen LogP contribution in [0.5, 0.6) is 11.5 Å². The first-order chi connectivity index (χ1) is 11.1. The van der Waals surface area contributed by atoms with Gasteiger partial charge in [0, 0.05) is 12.2 Å². The number of thiocarbonyl (C=S) groups is 1. The van der Waals surface area contributed by atoms with E-state index in [0.29, 0.717) is 17.3 Å². The molecule has 0 heterocycles.